The van der Waals surface area contributed by atoms with Crippen LogP contribution in [0.5, 0.6) is 0 Å². The third kappa shape index (κ3) is 3.18. The van der Waals surface area contributed by atoms with E-state index in [0.29, 0.717) is 0 Å². The van der Waals surface area contributed by atoms with E-state index in [1.54, 1.807) is 17.6 Å². The highest BCUT2D eigenvalue weighted by molar-refractivity contribution is 7.09. The van der Waals surface area contributed by atoms with Crippen LogP contribution in [0.25, 0.3) is 0 Å². The van der Waals surface area contributed by atoms with Gasteiger partial charge in [-0.05, 0) is 19.1 Å². The minimum Gasteiger partial charge on any atom is -0.469 e. The number of hydrogen-bond acceptors (Lipinski definition) is 4. The van der Waals surface area contributed by atoms with Crippen LogP contribution in [0.2, 0.25) is 0 Å². The average Bonchev–Trinajstić information content (AvgIpc) is 2.84. The van der Waals surface area contributed by atoms with Gasteiger partial charge in [0, 0.05) is 30.6 Å². The number of thiazole rings is 1. The number of nitrogens with zero attached hydrogens (tertiary/aromatic N) is 1. The van der Waals surface area contributed by atoms with Crippen LogP contribution in [0.15, 0.2) is 28.2 Å². The summed E-state index contributed by atoms with van der Waals surface area (Å²) in [6, 6.07) is 3.91. The summed E-state index contributed by atoms with van der Waals surface area (Å²) < 4.78 is 5.24. The molecule has 0 bridgehead atoms. The molecule has 0 aliphatic rings. The summed E-state index contributed by atoms with van der Waals surface area (Å²) in [5.41, 5.74) is 1.10. The van der Waals surface area contributed by atoms with E-state index in [2.05, 4.69) is 15.7 Å². The Labute approximate surface area is 93.2 Å². The molecule has 0 unspecified atom stereocenters. The van der Waals surface area contributed by atoms with Gasteiger partial charge in [0.25, 0.3) is 0 Å². The topological polar surface area (TPSA) is 38.1 Å². The van der Waals surface area contributed by atoms with Crippen molar-refractivity contribution in [2.45, 2.75) is 19.9 Å². The number of aryl methyl sites for hydroxylation is 1. The molecule has 0 saturated carbocycles. The fourth-order valence-corrected chi connectivity index (χ4v) is 2.09. The highest BCUT2D eigenvalue weighted by Gasteiger charge is 1.98. The van der Waals surface area contributed by atoms with Gasteiger partial charge in [-0.25, -0.2) is 4.98 Å². The van der Waals surface area contributed by atoms with Gasteiger partial charge in [-0.2, -0.15) is 0 Å². The van der Waals surface area contributed by atoms with E-state index < -0.39 is 0 Å². The molecule has 0 aliphatic carbocycles. The summed E-state index contributed by atoms with van der Waals surface area (Å²) in [6.07, 6.45) is 2.64. The van der Waals surface area contributed by atoms with Crippen molar-refractivity contribution < 1.29 is 4.42 Å². The first-order valence-electron chi connectivity index (χ1n) is 4.99. The summed E-state index contributed by atoms with van der Waals surface area (Å²) in [5, 5.41) is 6.56. The molecule has 2 heterocycles. The van der Waals surface area contributed by atoms with Gasteiger partial charge in [0.15, 0.2) is 0 Å². The predicted octanol–water partition coefficient (Wildman–Crippen LogP) is 2.38. The van der Waals surface area contributed by atoms with E-state index in [4.69, 9.17) is 4.42 Å². The minimum atomic E-state index is 0.846. The standard InChI is InChI=1S/C11H14N2OS/c1-9-8-15-11(13-9)7-12-5-4-10-3-2-6-14-10/h2-3,6,8,12H,4-5,7H2,1H3. The quantitative estimate of drug-likeness (QED) is 0.789. The molecular weight excluding hydrogens is 208 g/mol. The summed E-state index contributed by atoms with van der Waals surface area (Å²) in [6.45, 7) is 3.79. The van der Waals surface area contributed by atoms with Crippen molar-refractivity contribution in [3.8, 4) is 0 Å². The van der Waals surface area contributed by atoms with E-state index >= 15 is 0 Å². The largest absolute Gasteiger partial charge is 0.469 e. The summed E-state index contributed by atoms with van der Waals surface area (Å²) in [5.74, 6) is 1.03. The zero-order chi connectivity index (χ0) is 10.5. The second-order valence-electron chi connectivity index (χ2n) is 3.39. The Hall–Kier alpha value is -1.13. The van der Waals surface area contributed by atoms with E-state index in [1.807, 2.05) is 19.1 Å². The lowest BCUT2D eigenvalue weighted by Crippen LogP contribution is -2.16. The molecule has 1 N–H and O–H groups in total. The Morgan fingerprint density at radius 1 is 1.53 bits per heavy atom. The normalized spacial score (nSPS) is 10.7. The van der Waals surface area contributed by atoms with Crippen molar-refractivity contribution in [1.82, 2.24) is 10.3 Å². The van der Waals surface area contributed by atoms with Gasteiger partial charge < -0.3 is 9.73 Å². The molecular formula is C11H14N2OS. The molecule has 3 nitrogen and oxygen atoms in total. The first-order chi connectivity index (χ1) is 7.34. The lowest BCUT2D eigenvalue weighted by Gasteiger charge is -1.99. The smallest absolute Gasteiger partial charge is 0.107 e. The molecule has 0 saturated heterocycles. The van der Waals surface area contributed by atoms with Crippen LogP contribution >= 0.6 is 11.3 Å². The van der Waals surface area contributed by atoms with Crippen LogP contribution < -0.4 is 5.32 Å². The van der Waals surface area contributed by atoms with Gasteiger partial charge in [0.2, 0.25) is 0 Å². The number of furan rings is 1. The fraction of sp³-hybridized carbons (Fsp3) is 0.364. The maximum Gasteiger partial charge on any atom is 0.107 e. The maximum absolute atomic E-state index is 5.24. The molecule has 0 aliphatic heterocycles. The van der Waals surface area contributed by atoms with Gasteiger partial charge in [-0.3, -0.25) is 0 Å². The van der Waals surface area contributed by atoms with Crippen molar-refractivity contribution >= 4 is 11.3 Å². The van der Waals surface area contributed by atoms with Gasteiger partial charge in [0.1, 0.15) is 10.8 Å². The molecule has 0 radical (unpaired) electrons. The third-order valence-corrected chi connectivity index (χ3v) is 3.04. The SMILES string of the molecule is Cc1csc(CNCCc2ccco2)n1. The van der Waals surface area contributed by atoms with Crippen LogP contribution in [-0.4, -0.2) is 11.5 Å². The molecule has 4 heteroatoms. The summed E-state index contributed by atoms with van der Waals surface area (Å²) in [4.78, 5) is 4.38. The zero-order valence-electron chi connectivity index (χ0n) is 8.69. The van der Waals surface area contributed by atoms with Gasteiger partial charge >= 0.3 is 0 Å². The number of nitrogens with one attached hydrogen (secondary N) is 1. The molecule has 0 spiro atoms. The number of rotatable bonds is 5. The van der Waals surface area contributed by atoms with Crippen LogP contribution in [0.3, 0.4) is 0 Å². The summed E-state index contributed by atoms with van der Waals surface area (Å²) in [7, 11) is 0. The van der Waals surface area contributed by atoms with Crippen molar-refractivity contribution in [3.63, 3.8) is 0 Å². The number of hydrogen-bond donors (Lipinski definition) is 1. The van der Waals surface area contributed by atoms with Gasteiger partial charge in [-0.15, -0.1) is 11.3 Å². The van der Waals surface area contributed by atoms with Gasteiger partial charge in [-0.1, -0.05) is 0 Å². The predicted molar refractivity (Wildman–Crippen MR) is 61.0 cm³/mol. The maximum atomic E-state index is 5.24. The Bertz CT molecular complexity index is 394. The average molecular weight is 222 g/mol. The third-order valence-electron chi connectivity index (χ3n) is 2.07. The first kappa shape index (κ1) is 10.4. The Morgan fingerprint density at radius 2 is 2.47 bits per heavy atom. The van der Waals surface area contributed by atoms with Crippen LogP contribution in [0.4, 0.5) is 0 Å². The van der Waals surface area contributed by atoms with Crippen molar-refractivity contribution in [2.75, 3.05) is 6.54 Å². The molecule has 2 aromatic heterocycles. The molecule has 0 amide bonds. The molecule has 80 valence electrons. The van der Waals surface area contributed by atoms with E-state index in [0.717, 1.165) is 36.0 Å². The monoisotopic (exact) mass is 222 g/mol. The molecule has 15 heavy (non-hydrogen) atoms. The Balaban J connectivity index is 1.67. The fourth-order valence-electron chi connectivity index (χ4n) is 1.35. The first-order valence-corrected chi connectivity index (χ1v) is 5.86. The number of aromatic nitrogens is 1. The van der Waals surface area contributed by atoms with E-state index in [9.17, 15) is 0 Å². The Kier molecular flexibility index (Phi) is 3.53. The highest BCUT2D eigenvalue weighted by atomic mass is 32.1. The van der Waals surface area contributed by atoms with E-state index in [1.165, 1.54) is 0 Å². The second kappa shape index (κ2) is 5.09. The van der Waals surface area contributed by atoms with Crippen LogP contribution in [-0.2, 0) is 13.0 Å². The van der Waals surface area contributed by atoms with E-state index in [-0.39, 0.29) is 0 Å². The Morgan fingerprint density at radius 3 is 3.13 bits per heavy atom. The summed E-state index contributed by atoms with van der Waals surface area (Å²) >= 11 is 1.70. The lowest BCUT2D eigenvalue weighted by molar-refractivity contribution is 0.498. The molecule has 0 fully saturated rings. The molecule has 0 aromatic carbocycles. The second-order valence-corrected chi connectivity index (χ2v) is 4.33. The lowest BCUT2D eigenvalue weighted by atomic mass is 10.3. The van der Waals surface area contributed by atoms with Crippen molar-refractivity contribution in [1.29, 1.82) is 0 Å². The zero-order valence-corrected chi connectivity index (χ0v) is 9.51. The van der Waals surface area contributed by atoms with Crippen LogP contribution in [0.1, 0.15) is 16.5 Å². The van der Waals surface area contributed by atoms with Gasteiger partial charge in [0.05, 0.1) is 6.26 Å². The molecule has 2 rings (SSSR count). The van der Waals surface area contributed by atoms with Crippen LogP contribution in [0, 0.1) is 6.92 Å². The highest BCUT2D eigenvalue weighted by Crippen LogP contribution is 2.07. The van der Waals surface area contributed by atoms with Crippen molar-refractivity contribution in [3.05, 3.63) is 40.2 Å². The molecule has 0 atom stereocenters. The minimum absolute atomic E-state index is 0.846. The van der Waals surface area contributed by atoms with Crippen molar-refractivity contribution in [2.24, 2.45) is 0 Å². The molecule has 2 aromatic rings.